The highest BCUT2D eigenvalue weighted by atomic mass is 16.5. The van der Waals surface area contributed by atoms with Crippen molar-refractivity contribution in [1.82, 2.24) is 9.38 Å². The van der Waals surface area contributed by atoms with E-state index >= 15 is 0 Å². The molecule has 0 aliphatic carbocycles. The fourth-order valence-electron chi connectivity index (χ4n) is 2.69. The minimum atomic E-state index is -0.245. The third-order valence-electron chi connectivity index (χ3n) is 3.97. The molecule has 0 aliphatic heterocycles. The van der Waals surface area contributed by atoms with Crippen molar-refractivity contribution < 1.29 is 9.53 Å². The fraction of sp³-hybridized carbons (Fsp3) is 0. The number of aromatic nitrogens is 2. The van der Waals surface area contributed by atoms with Gasteiger partial charge in [-0.15, -0.1) is 0 Å². The Morgan fingerprint density at radius 3 is 2.63 bits per heavy atom. The Morgan fingerprint density at radius 2 is 1.74 bits per heavy atom. The zero-order valence-corrected chi connectivity index (χ0v) is 14.4. The summed E-state index contributed by atoms with van der Waals surface area (Å²) in [7, 11) is 0. The van der Waals surface area contributed by atoms with Crippen LogP contribution in [0.1, 0.15) is 5.69 Å². The predicted molar refractivity (Wildman–Crippen MR) is 106 cm³/mol. The molecule has 0 spiro atoms. The maximum absolute atomic E-state index is 12.4. The molecule has 2 aromatic carbocycles. The van der Waals surface area contributed by atoms with Crippen molar-refractivity contribution in [3.05, 3.63) is 97.0 Å². The van der Waals surface area contributed by atoms with Gasteiger partial charge < -0.3 is 14.5 Å². The third kappa shape index (κ3) is 3.88. The number of hydrogen-bond donors (Lipinski definition) is 1. The molecule has 4 rings (SSSR count). The minimum Gasteiger partial charge on any atom is -0.455 e. The van der Waals surface area contributed by atoms with E-state index in [1.165, 1.54) is 6.08 Å². The lowest BCUT2D eigenvalue weighted by Gasteiger charge is -2.11. The van der Waals surface area contributed by atoms with Crippen LogP contribution in [0.25, 0.3) is 11.7 Å². The molecule has 0 fully saturated rings. The van der Waals surface area contributed by atoms with E-state index in [-0.39, 0.29) is 5.91 Å². The molecule has 2 heterocycles. The van der Waals surface area contributed by atoms with Crippen LogP contribution in [0.4, 0.5) is 5.69 Å². The monoisotopic (exact) mass is 355 g/mol. The number of nitrogens with one attached hydrogen (secondary N) is 1. The number of imidazole rings is 1. The van der Waals surface area contributed by atoms with Gasteiger partial charge in [-0.05, 0) is 42.5 Å². The number of carbonyl (C=O) groups is 1. The molecule has 1 amide bonds. The molecule has 132 valence electrons. The predicted octanol–water partition coefficient (Wildman–Crippen LogP) is 4.78. The number of carbonyl (C=O) groups excluding carboxylic acids is 1. The van der Waals surface area contributed by atoms with E-state index in [9.17, 15) is 4.79 Å². The van der Waals surface area contributed by atoms with Crippen molar-refractivity contribution in [3.8, 4) is 11.5 Å². The average Bonchev–Trinajstić information content (AvgIpc) is 3.12. The first-order valence-electron chi connectivity index (χ1n) is 8.53. The number of benzene rings is 2. The molecule has 0 saturated carbocycles. The van der Waals surface area contributed by atoms with Crippen LogP contribution >= 0.6 is 0 Å². The van der Waals surface area contributed by atoms with Gasteiger partial charge in [-0.2, -0.15) is 0 Å². The van der Waals surface area contributed by atoms with E-state index in [4.69, 9.17) is 4.74 Å². The Hall–Kier alpha value is -3.86. The molecule has 0 unspecified atom stereocenters. The summed E-state index contributed by atoms with van der Waals surface area (Å²) in [5.74, 6) is 1.05. The number of amides is 1. The molecule has 0 radical (unpaired) electrons. The molecular formula is C22H17N3O2. The maximum Gasteiger partial charge on any atom is 0.248 e. The maximum atomic E-state index is 12.4. The Balaban J connectivity index is 1.50. The summed E-state index contributed by atoms with van der Waals surface area (Å²) in [5, 5.41) is 2.86. The van der Waals surface area contributed by atoms with Crippen LogP contribution in [0.5, 0.6) is 11.5 Å². The molecule has 27 heavy (non-hydrogen) atoms. The van der Waals surface area contributed by atoms with Crippen molar-refractivity contribution in [2.75, 3.05) is 5.32 Å². The van der Waals surface area contributed by atoms with Crippen molar-refractivity contribution in [1.29, 1.82) is 0 Å². The van der Waals surface area contributed by atoms with Gasteiger partial charge in [0, 0.05) is 12.3 Å². The van der Waals surface area contributed by atoms with Gasteiger partial charge >= 0.3 is 0 Å². The quantitative estimate of drug-likeness (QED) is 0.524. The molecule has 5 heteroatoms. The molecule has 1 N–H and O–H groups in total. The van der Waals surface area contributed by atoms with Crippen LogP contribution in [-0.2, 0) is 4.79 Å². The molecule has 5 nitrogen and oxygen atoms in total. The van der Waals surface area contributed by atoms with E-state index in [0.29, 0.717) is 17.2 Å². The summed E-state index contributed by atoms with van der Waals surface area (Å²) in [6, 6.07) is 22.5. The van der Waals surface area contributed by atoms with Crippen molar-refractivity contribution in [3.63, 3.8) is 0 Å². The zero-order valence-electron chi connectivity index (χ0n) is 14.4. The van der Waals surface area contributed by atoms with Gasteiger partial charge in [-0.25, -0.2) is 4.98 Å². The fourth-order valence-corrected chi connectivity index (χ4v) is 2.69. The third-order valence-corrected chi connectivity index (χ3v) is 3.97. The SMILES string of the molecule is O=C(/C=C/c1cnc2ccccn12)Nc1ccccc1Oc1ccccc1. The second-order valence-electron chi connectivity index (χ2n) is 5.85. The highest BCUT2D eigenvalue weighted by Crippen LogP contribution is 2.29. The van der Waals surface area contributed by atoms with Crippen molar-refractivity contribution in [2.24, 2.45) is 0 Å². The normalized spacial score (nSPS) is 11.0. The lowest BCUT2D eigenvalue weighted by atomic mass is 10.2. The topological polar surface area (TPSA) is 55.6 Å². The molecule has 0 bridgehead atoms. The number of rotatable bonds is 5. The molecule has 0 aliphatic rings. The molecule has 0 atom stereocenters. The molecular weight excluding hydrogens is 338 g/mol. The minimum absolute atomic E-state index is 0.245. The van der Waals surface area contributed by atoms with Crippen LogP contribution in [0.2, 0.25) is 0 Å². The standard InChI is InChI=1S/C22H17N3O2/c26-22(14-13-17-16-23-21-12-6-7-15-25(17)21)24-19-10-4-5-11-20(19)27-18-8-2-1-3-9-18/h1-16H,(H,24,26)/b14-13+. The number of anilines is 1. The smallest absolute Gasteiger partial charge is 0.248 e. The van der Waals surface area contributed by atoms with E-state index < -0.39 is 0 Å². The number of hydrogen-bond acceptors (Lipinski definition) is 3. The summed E-state index contributed by atoms with van der Waals surface area (Å²) in [6.45, 7) is 0. The Bertz CT molecular complexity index is 1100. The number of nitrogens with zero attached hydrogens (tertiary/aromatic N) is 2. The summed E-state index contributed by atoms with van der Waals surface area (Å²) < 4.78 is 7.78. The largest absolute Gasteiger partial charge is 0.455 e. The van der Waals surface area contributed by atoms with Gasteiger partial charge in [-0.1, -0.05) is 36.4 Å². The van der Waals surface area contributed by atoms with Gasteiger partial charge in [0.2, 0.25) is 5.91 Å². The molecule has 4 aromatic rings. The van der Waals surface area contributed by atoms with E-state index in [1.807, 2.05) is 77.3 Å². The van der Waals surface area contributed by atoms with Crippen LogP contribution in [0, 0.1) is 0 Å². The Morgan fingerprint density at radius 1 is 0.963 bits per heavy atom. The first kappa shape index (κ1) is 16.6. The number of fused-ring (bicyclic) bond motifs is 1. The van der Waals surface area contributed by atoms with E-state index in [2.05, 4.69) is 10.3 Å². The Labute approximate surface area is 156 Å². The number of para-hydroxylation sites is 3. The van der Waals surface area contributed by atoms with Gasteiger partial charge in [0.05, 0.1) is 17.6 Å². The highest BCUT2D eigenvalue weighted by Gasteiger charge is 2.07. The van der Waals surface area contributed by atoms with Crippen molar-refractivity contribution in [2.45, 2.75) is 0 Å². The number of ether oxygens (including phenoxy) is 1. The number of pyridine rings is 1. The average molecular weight is 355 g/mol. The Kier molecular flexibility index (Phi) is 4.66. The summed E-state index contributed by atoms with van der Waals surface area (Å²) in [5.41, 5.74) is 2.27. The lowest BCUT2D eigenvalue weighted by molar-refractivity contribution is -0.111. The first-order chi connectivity index (χ1) is 13.3. The van der Waals surface area contributed by atoms with Gasteiger partial charge in [-0.3, -0.25) is 4.79 Å². The first-order valence-corrected chi connectivity index (χ1v) is 8.53. The van der Waals surface area contributed by atoms with Gasteiger partial charge in [0.1, 0.15) is 11.4 Å². The second-order valence-corrected chi connectivity index (χ2v) is 5.85. The molecule has 2 aromatic heterocycles. The summed E-state index contributed by atoms with van der Waals surface area (Å²) >= 11 is 0. The highest BCUT2D eigenvalue weighted by molar-refractivity contribution is 6.02. The van der Waals surface area contributed by atoms with Crippen LogP contribution in [0.15, 0.2) is 91.3 Å². The molecule has 0 saturated heterocycles. The van der Waals surface area contributed by atoms with Crippen LogP contribution < -0.4 is 10.1 Å². The van der Waals surface area contributed by atoms with Gasteiger partial charge in [0.25, 0.3) is 0 Å². The summed E-state index contributed by atoms with van der Waals surface area (Å²) in [4.78, 5) is 16.7. The van der Waals surface area contributed by atoms with Gasteiger partial charge in [0.15, 0.2) is 5.75 Å². The van der Waals surface area contributed by atoms with Crippen molar-refractivity contribution >= 4 is 23.3 Å². The van der Waals surface area contributed by atoms with E-state index in [1.54, 1.807) is 18.3 Å². The van der Waals surface area contributed by atoms with E-state index in [0.717, 1.165) is 11.3 Å². The second kappa shape index (κ2) is 7.58. The summed E-state index contributed by atoms with van der Waals surface area (Å²) in [6.07, 6.45) is 6.85. The zero-order chi connectivity index (χ0) is 18.5. The van der Waals surface area contributed by atoms with Crippen LogP contribution in [0.3, 0.4) is 0 Å². The van der Waals surface area contributed by atoms with Crippen LogP contribution in [-0.4, -0.2) is 15.3 Å². The lowest BCUT2D eigenvalue weighted by Crippen LogP contribution is -2.08.